The van der Waals surface area contributed by atoms with Crippen molar-refractivity contribution < 1.29 is 19.4 Å². The third-order valence-electron chi connectivity index (χ3n) is 3.98. The van der Waals surface area contributed by atoms with E-state index in [-0.39, 0.29) is 11.9 Å². The van der Waals surface area contributed by atoms with E-state index in [4.69, 9.17) is 9.47 Å². The molecule has 1 fully saturated rings. The monoisotopic (exact) mass is 312 g/mol. The van der Waals surface area contributed by atoms with Crippen LogP contribution < -0.4 is 0 Å². The summed E-state index contributed by atoms with van der Waals surface area (Å²) in [6.45, 7) is 3.22. The van der Waals surface area contributed by atoms with Gasteiger partial charge in [0.25, 0.3) is 0 Å². The van der Waals surface area contributed by atoms with Gasteiger partial charge in [0.05, 0.1) is 31.3 Å². The Kier molecular flexibility index (Phi) is 6.21. The van der Waals surface area contributed by atoms with E-state index in [0.717, 1.165) is 6.42 Å². The molecule has 0 aromatic carbocycles. The zero-order valence-corrected chi connectivity index (χ0v) is 13.4. The molecule has 0 unspecified atom stereocenters. The van der Waals surface area contributed by atoms with Gasteiger partial charge in [-0.3, -0.25) is 4.79 Å². The summed E-state index contributed by atoms with van der Waals surface area (Å²) in [5, 5.41) is 12.5. The highest BCUT2D eigenvalue weighted by Crippen LogP contribution is 2.33. The van der Waals surface area contributed by atoms with Gasteiger partial charge in [0, 0.05) is 11.3 Å². The SMILES string of the molecule is CCOC(=O)C1CCC(O)(COCCc2cccs2)CC1. The molecule has 0 radical (unpaired) electrons. The van der Waals surface area contributed by atoms with Crippen LogP contribution in [-0.4, -0.2) is 36.5 Å². The highest BCUT2D eigenvalue weighted by molar-refractivity contribution is 7.09. The molecule has 4 nitrogen and oxygen atoms in total. The fraction of sp³-hybridized carbons (Fsp3) is 0.688. The molecule has 1 aliphatic carbocycles. The standard InChI is InChI=1S/C16H24O4S/c1-2-20-15(17)13-5-8-16(18,9-6-13)12-19-10-7-14-4-3-11-21-14/h3-4,11,13,18H,2,5-10,12H2,1H3. The second-order valence-corrected chi connectivity index (χ2v) is 6.66. The zero-order valence-electron chi connectivity index (χ0n) is 12.5. The summed E-state index contributed by atoms with van der Waals surface area (Å²) in [4.78, 5) is 13.0. The van der Waals surface area contributed by atoms with Crippen LogP contribution in [0.1, 0.15) is 37.5 Å². The molecule has 0 bridgehead atoms. The fourth-order valence-electron chi connectivity index (χ4n) is 2.69. The van der Waals surface area contributed by atoms with Crippen LogP contribution in [0.5, 0.6) is 0 Å². The lowest BCUT2D eigenvalue weighted by Crippen LogP contribution is -2.40. The van der Waals surface area contributed by atoms with Gasteiger partial charge in [-0.2, -0.15) is 0 Å². The van der Waals surface area contributed by atoms with Crippen molar-refractivity contribution in [1.82, 2.24) is 0 Å². The Morgan fingerprint density at radius 2 is 2.24 bits per heavy atom. The number of thiophene rings is 1. The molecule has 5 heteroatoms. The number of aliphatic hydroxyl groups is 1. The molecule has 0 aliphatic heterocycles. The Hall–Kier alpha value is -0.910. The van der Waals surface area contributed by atoms with Gasteiger partial charge in [0.2, 0.25) is 0 Å². The predicted octanol–water partition coefficient (Wildman–Crippen LogP) is 2.79. The van der Waals surface area contributed by atoms with Crippen molar-refractivity contribution in [2.75, 3.05) is 19.8 Å². The maximum absolute atomic E-state index is 11.7. The van der Waals surface area contributed by atoms with Crippen LogP contribution in [0, 0.1) is 5.92 Å². The molecule has 1 aliphatic rings. The number of carbonyl (C=O) groups is 1. The average molecular weight is 312 g/mol. The molecule has 0 atom stereocenters. The van der Waals surface area contributed by atoms with Crippen molar-refractivity contribution in [3.05, 3.63) is 22.4 Å². The molecular weight excluding hydrogens is 288 g/mol. The maximum Gasteiger partial charge on any atom is 0.308 e. The lowest BCUT2D eigenvalue weighted by atomic mass is 9.79. The summed E-state index contributed by atoms with van der Waals surface area (Å²) < 4.78 is 10.7. The fourth-order valence-corrected chi connectivity index (χ4v) is 3.38. The normalized spacial score (nSPS) is 25.7. The van der Waals surface area contributed by atoms with Gasteiger partial charge in [-0.25, -0.2) is 0 Å². The molecule has 1 N–H and O–H groups in total. The number of hydrogen-bond donors (Lipinski definition) is 1. The first-order valence-corrected chi connectivity index (χ1v) is 8.50. The van der Waals surface area contributed by atoms with Crippen molar-refractivity contribution >= 4 is 17.3 Å². The first kappa shape index (κ1) is 16.5. The Morgan fingerprint density at radius 1 is 1.48 bits per heavy atom. The van der Waals surface area contributed by atoms with E-state index in [2.05, 4.69) is 11.4 Å². The van der Waals surface area contributed by atoms with Crippen molar-refractivity contribution in [3.8, 4) is 0 Å². The topological polar surface area (TPSA) is 55.8 Å². The van der Waals surface area contributed by atoms with E-state index >= 15 is 0 Å². The average Bonchev–Trinajstić information content (AvgIpc) is 2.98. The number of rotatable bonds is 7. The number of hydrogen-bond acceptors (Lipinski definition) is 5. The van der Waals surface area contributed by atoms with E-state index in [1.54, 1.807) is 11.3 Å². The summed E-state index contributed by atoms with van der Waals surface area (Å²) in [6.07, 6.45) is 3.47. The quantitative estimate of drug-likeness (QED) is 0.621. The van der Waals surface area contributed by atoms with E-state index in [0.29, 0.717) is 45.5 Å². The molecule has 0 spiro atoms. The summed E-state index contributed by atoms with van der Waals surface area (Å²) >= 11 is 1.72. The van der Waals surface area contributed by atoms with E-state index in [1.807, 2.05) is 13.0 Å². The minimum atomic E-state index is -0.779. The predicted molar refractivity (Wildman–Crippen MR) is 82.4 cm³/mol. The lowest BCUT2D eigenvalue weighted by Gasteiger charge is -2.34. The van der Waals surface area contributed by atoms with Crippen molar-refractivity contribution in [2.45, 2.75) is 44.6 Å². The third-order valence-corrected chi connectivity index (χ3v) is 4.92. The third kappa shape index (κ3) is 5.09. The maximum atomic E-state index is 11.7. The van der Waals surface area contributed by atoms with Gasteiger partial charge < -0.3 is 14.6 Å². The number of carbonyl (C=O) groups excluding carboxylic acids is 1. The molecule has 1 aromatic heterocycles. The van der Waals surface area contributed by atoms with Crippen molar-refractivity contribution in [1.29, 1.82) is 0 Å². The highest BCUT2D eigenvalue weighted by Gasteiger charge is 2.36. The van der Waals surface area contributed by atoms with Crippen LogP contribution in [0.4, 0.5) is 0 Å². The number of ether oxygens (including phenoxy) is 2. The number of esters is 1. The summed E-state index contributed by atoms with van der Waals surface area (Å²) in [5.74, 6) is -0.186. The van der Waals surface area contributed by atoms with E-state index < -0.39 is 5.60 Å². The van der Waals surface area contributed by atoms with E-state index in [1.165, 1.54) is 4.88 Å². The second-order valence-electron chi connectivity index (χ2n) is 5.63. The minimum absolute atomic E-state index is 0.0589. The van der Waals surface area contributed by atoms with Gasteiger partial charge in [0.15, 0.2) is 0 Å². The van der Waals surface area contributed by atoms with Crippen molar-refractivity contribution in [2.24, 2.45) is 5.92 Å². The van der Waals surface area contributed by atoms with Gasteiger partial charge in [-0.1, -0.05) is 6.07 Å². The molecule has 1 saturated carbocycles. The van der Waals surface area contributed by atoms with Gasteiger partial charge in [0.1, 0.15) is 0 Å². The molecular formula is C16H24O4S. The van der Waals surface area contributed by atoms with Crippen LogP contribution in [0.15, 0.2) is 17.5 Å². The largest absolute Gasteiger partial charge is 0.466 e. The van der Waals surface area contributed by atoms with E-state index in [9.17, 15) is 9.90 Å². The summed E-state index contributed by atoms with van der Waals surface area (Å²) in [5.41, 5.74) is -0.779. The molecule has 1 aromatic rings. The minimum Gasteiger partial charge on any atom is -0.466 e. The Labute approximate surface area is 130 Å². The van der Waals surface area contributed by atoms with Crippen LogP contribution >= 0.6 is 11.3 Å². The summed E-state index contributed by atoms with van der Waals surface area (Å²) in [6, 6.07) is 4.12. The first-order valence-electron chi connectivity index (χ1n) is 7.62. The van der Waals surface area contributed by atoms with Crippen molar-refractivity contribution in [3.63, 3.8) is 0 Å². The smallest absolute Gasteiger partial charge is 0.308 e. The van der Waals surface area contributed by atoms with Crippen LogP contribution in [0.25, 0.3) is 0 Å². The Morgan fingerprint density at radius 3 is 2.86 bits per heavy atom. The van der Waals surface area contributed by atoms with Crippen LogP contribution in [-0.2, 0) is 20.7 Å². The molecule has 0 saturated heterocycles. The molecule has 0 amide bonds. The first-order chi connectivity index (χ1) is 10.1. The molecule has 2 rings (SSSR count). The second kappa shape index (κ2) is 7.92. The summed E-state index contributed by atoms with van der Waals surface area (Å²) in [7, 11) is 0. The van der Waals surface area contributed by atoms with Crippen LogP contribution in [0.3, 0.4) is 0 Å². The molecule has 118 valence electrons. The lowest BCUT2D eigenvalue weighted by molar-refractivity contribution is -0.152. The molecule has 21 heavy (non-hydrogen) atoms. The Bertz CT molecular complexity index is 421. The van der Waals surface area contributed by atoms with Crippen LogP contribution in [0.2, 0.25) is 0 Å². The van der Waals surface area contributed by atoms with Gasteiger partial charge in [-0.15, -0.1) is 11.3 Å². The van der Waals surface area contributed by atoms with Gasteiger partial charge >= 0.3 is 5.97 Å². The zero-order chi connectivity index (χ0) is 15.1. The van der Waals surface area contributed by atoms with Gasteiger partial charge in [-0.05, 0) is 44.1 Å². The highest BCUT2D eigenvalue weighted by atomic mass is 32.1. The molecule has 1 heterocycles. The Balaban J connectivity index is 1.66.